The molecule has 0 aromatic rings. The quantitative estimate of drug-likeness (QED) is 0.727. The molecule has 2 aliphatic heterocycles. The third-order valence-electron chi connectivity index (χ3n) is 2.51. The second kappa shape index (κ2) is 4.73. The molecule has 16 heavy (non-hydrogen) atoms. The number of carboxylic acids is 1. The van der Waals surface area contributed by atoms with E-state index in [1.165, 1.54) is 0 Å². The Labute approximate surface area is 96.6 Å². The summed E-state index contributed by atoms with van der Waals surface area (Å²) in [6.45, 7) is 1.40. The first kappa shape index (κ1) is 11.3. The largest absolute Gasteiger partial charge is 0.477 e. The molecule has 1 N–H and O–H groups in total. The topological polar surface area (TPSA) is 79.2 Å². The van der Waals surface area contributed by atoms with E-state index in [4.69, 9.17) is 9.94 Å². The molecule has 2 aliphatic rings. The van der Waals surface area contributed by atoms with E-state index >= 15 is 0 Å². The zero-order valence-electron chi connectivity index (χ0n) is 8.59. The molecule has 0 aromatic carbocycles. The molecule has 0 aromatic heterocycles. The Morgan fingerprint density at radius 1 is 1.44 bits per heavy atom. The monoisotopic (exact) mass is 244 g/mol. The predicted molar refractivity (Wildman–Crippen MR) is 58.5 cm³/mol. The van der Waals surface area contributed by atoms with Crippen LogP contribution in [0.5, 0.6) is 0 Å². The van der Waals surface area contributed by atoms with Crippen molar-refractivity contribution in [2.45, 2.75) is 12.5 Å². The molecule has 1 saturated heterocycles. The highest BCUT2D eigenvalue weighted by atomic mass is 32.2. The second-order valence-electron chi connectivity index (χ2n) is 3.58. The Kier molecular flexibility index (Phi) is 3.33. The van der Waals surface area contributed by atoms with Gasteiger partial charge in [0.15, 0.2) is 5.71 Å². The maximum absolute atomic E-state index is 11.9. The number of aliphatic carboxylic acids is 1. The Bertz CT molecular complexity index is 338. The van der Waals surface area contributed by atoms with Gasteiger partial charge in [0.25, 0.3) is 5.91 Å². The molecule has 0 aliphatic carbocycles. The van der Waals surface area contributed by atoms with Gasteiger partial charge in [-0.1, -0.05) is 5.16 Å². The molecular formula is C9H12N2O4S. The Balaban J connectivity index is 1.90. The molecule has 1 fully saturated rings. The number of carbonyl (C=O) groups is 2. The number of nitrogens with zero attached hydrogens (tertiary/aromatic N) is 2. The SMILES string of the molecule is O=C(O)C1=NOC(C(=O)N2CCSCC2)C1. The van der Waals surface area contributed by atoms with Gasteiger partial charge in [0.05, 0.1) is 0 Å². The maximum atomic E-state index is 11.9. The van der Waals surface area contributed by atoms with Crippen molar-refractivity contribution in [3.63, 3.8) is 0 Å². The van der Waals surface area contributed by atoms with E-state index in [1.54, 1.807) is 16.7 Å². The fraction of sp³-hybridized carbons (Fsp3) is 0.667. The Hall–Kier alpha value is -1.24. The molecule has 7 heteroatoms. The number of rotatable bonds is 2. The molecule has 0 saturated carbocycles. The Morgan fingerprint density at radius 3 is 2.69 bits per heavy atom. The molecular weight excluding hydrogens is 232 g/mol. The summed E-state index contributed by atoms with van der Waals surface area (Å²) in [5.74, 6) is 0.570. The number of thioether (sulfide) groups is 1. The number of hydrogen-bond acceptors (Lipinski definition) is 5. The number of carbonyl (C=O) groups excluding carboxylic acids is 1. The third kappa shape index (κ3) is 2.29. The van der Waals surface area contributed by atoms with Crippen molar-refractivity contribution in [3.8, 4) is 0 Å². The zero-order chi connectivity index (χ0) is 11.5. The first-order chi connectivity index (χ1) is 7.68. The molecule has 1 amide bonds. The number of amides is 1. The summed E-state index contributed by atoms with van der Waals surface area (Å²) in [4.78, 5) is 29.1. The van der Waals surface area contributed by atoms with Crippen LogP contribution < -0.4 is 0 Å². The van der Waals surface area contributed by atoms with Crippen molar-refractivity contribution >= 4 is 29.4 Å². The highest BCUT2D eigenvalue weighted by Gasteiger charge is 2.34. The van der Waals surface area contributed by atoms with Crippen LogP contribution in [-0.2, 0) is 14.4 Å². The lowest BCUT2D eigenvalue weighted by Crippen LogP contribution is -2.44. The van der Waals surface area contributed by atoms with Gasteiger partial charge in [-0.3, -0.25) is 4.79 Å². The number of oxime groups is 1. The molecule has 1 atom stereocenters. The lowest BCUT2D eigenvalue weighted by atomic mass is 10.1. The van der Waals surface area contributed by atoms with E-state index in [2.05, 4.69) is 5.16 Å². The van der Waals surface area contributed by atoms with Crippen molar-refractivity contribution in [2.75, 3.05) is 24.6 Å². The van der Waals surface area contributed by atoms with E-state index in [-0.39, 0.29) is 18.0 Å². The average Bonchev–Trinajstić information content (AvgIpc) is 2.78. The molecule has 1 unspecified atom stereocenters. The van der Waals surface area contributed by atoms with E-state index in [1.807, 2.05) is 0 Å². The van der Waals surface area contributed by atoms with Crippen LogP contribution in [-0.4, -0.2) is 58.3 Å². The van der Waals surface area contributed by atoms with Crippen LogP contribution in [0, 0.1) is 0 Å². The van der Waals surface area contributed by atoms with E-state index in [0.29, 0.717) is 13.1 Å². The van der Waals surface area contributed by atoms with Crippen LogP contribution in [0.25, 0.3) is 0 Å². The van der Waals surface area contributed by atoms with Crippen LogP contribution in [0.3, 0.4) is 0 Å². The lowest BCUT2D eigenvalue weighted by Gasteiger charge is -2.27. The molecule has 88 valence electrons. The van der Waals surface area contributed by atoms with Crippen LogP contribution in [0.15, 0.2) is 5.16 Å². The minimum atomic E-state index is -1.12. The van der Waals surface area contributed by atoms with Gasteiger partial charge in [0.1, 0.15) is 0 Å². The minimum Gasteiger partial charge on any atom is -0.477 e. The Morgan fingerprint density at radius 2 is 2.12 bits per heavy atom. The summed E-state index contributed by atoms with van der Waals surface area (Å²) < 4.78 is 0. The van der Waals surface area contributed by atoms with Crippen molar-refractivity contribution < 1.29 is 19.5 Å². The van der Waals surface area contributed by atoms with Crippen molar-refractivity contribution in [3.05, 3.63) is 0 Å². The standard InChI is InChI=1S/C9H12N2O4S/c12-8(11-1-3-16-4-2-11)7-5-6(9(13)14)10-15-7/h7H,1-5H2,(H,13,14). The fourth-order valence-corrected chi connectivity index (χ4v) is 2.53. The molecule has 6 nitrogen and oxygen atoms in total. The van der Waals surface area contributed by atoms with Crippen molar-refractivity contribution in [1.29, 1.82) is 0 Å². The van der Waals surface area contributed by atoms with Gasteiger partial charge in [-0.2, -0.15) is 11.8 Å². The van der Waals surface area contributed by atoms with Gasteiger partial charge < -0.3 is 14.8 Å². The van der Waals surface area contributed by atoms with E-state index in [0.717, 1.165) is 11.5 Å². The normalized spacial score (nSPS) is 24.9. The summed E-state index contributed by atoms with van der Waals surface area (Å²) in [5, 5.41) is 12.1. The highest BCUT2D eigenvalue weighted by Crippen LogP contribution is 2.16. The second-order valence-corrected chi connectivity index (χ2v) is 4.80. The molecule has 2 heterocycles. The van der Waals surface area contributed by atoms with Gasteiger partial charge in [-0.25, -0.2) is 4.79 Å². The van der Waals surface area contributed by atoms with Gasteiger partial charge in [-0.15, -0.1) is 0 Å². The van der Waals surface area contributed by atoms with Gasteiger partial charge in [-0.05, 0) is 0 Å². The van der Waals surface area contributed by atoms with Crippen LogP contribution >= 0.6 is 11.8 Å². The number of carboxylic acid groups (broad SMARTS) is 1. The summed E-state index contributed by atoms with van der Waals surface area (Å²) in [6, 6.07) is 0. The molecule has 2 rings (SSSR count). The predicted octanol–water partition coefficient (Wildman–Crippen LogP) is -0.209. The van der Waals surface area contributed by atoms with E-state index < -0.39 is 12.1 Å². The summed E-state index contributed by atoms with van der Waals surface area (Å²) >= 11 is 1.81. The fourth-order valence-electron chi connectivity index (χ4n) is 1.62. The molecule has 0 radical (unpaired) electrons. The summed E-state index contributed by atoms with van der Waals surface area (Å²) in [5.41, 5.74) is -0.0789. The summed E-state index contributed by atoms with van der Waals surface area (Å²) in [7, 11) is 0. The highest BCUT2D eigenvalue weighted by molar-refractivity contribution is 7.99. The lowest BCUT2D eigenvalue weighted by molar-refractivity contribution is -0.141. The average molecular weight is 244 g/mol. The van der Waals surface area contributed by atoms with Gasteiger partial charge in [0, 0.05) is 31.0 Å². The van der Waals surface area contributed by atoms with Crippen molar-refractivity contribution in [1.82, 2.24) is 4.90 Å². The molecule has 0 bridgehead atoms. The summed E-state index contributed by atoms with van der Waals surface area (Å²) in [6.07, 6.45) is -0.674. The maximum Gasteiger partial charge on any atom is 0.353 e. The van der Waals surface area contributed by atoms with Crippen LogP contribution in [0.4, 0.5) is 0 Å². The zero-order valence-corrected chi connectivity index (χ0v) is 9.40. The van der Waals surface area contributed by atoms with Crippen LogP contribution in [0.2, 0.25) is 0 Å². The first-order valence-electron chi connectivity index (χ1n) is 5.01. The van der Waals surface area contributed by atoms with Crippen LogP contribution in [0.1, 0.15) is 6.42 Å². The van der Waals surface area contributed by atoms with Crippen molar-refractivity contribution in [2.24, 2.45) is 5.16 Å². The van der Waals surface area contributed by atoms with E-state index in [9.17, 15) is 9.59 Å². The minimum absolute atomic E-state index is 0.0673. The third-order valence-corrected chi connectivity index (χ3v) is 3.46. The molecule has 0 spiro atoms. The van der Waals surface area contributed by atoms with Gasteiger partial charge in [0.2, 0.25) is 6.10 Å². The first-order valence-corrected chi connectivity index (χ1v) is 6.16. The van der Waals surface area contributed by atoms with Gasteiger partial charge >= 0.3 is 5.97 Å². The smallest absolute Gasteiger partial charge is 0.353 e. The number of hydrogen-bond donors (Lipinski definition) is 1.